The van der Waals surface area contributed by atoms with Crippen molar-refractivity contribution in [1.82, 2.24) is 0 Å². The lowest BCUT2D eigenvalue weighted by molar-refractivity contribution is 1.00. The van der Waals surface area contributed by atoms with Crippen LogP contribution in [0.2, 0.25) is 0 Å². The molecule has 0 amide bonds. The monoisotopic (exact) mass is 464 g/mol. The van der Waals surface area contributed by atoms with Crippen LogP contribution < -0.4 is 10.6 Å². The third kappa shape index (κ3) is 3.41. The molecule has 5 aromatic carbocycles. The van der Waals surface area contributed by atoms with E-state index < -0.39 is 7.92 Å². The summed E-state index contributed by atoms with van der Waals surface area (Å²) in [5, 5.41) is 4.35. The molecular weight excluding hydrogens is 439 g/mol. The van der Waals surface area contributed by atoms with Gasteiger partial charge in [-0.2, -0.15) is 0 Å². The lowest BCUT2D eigenvalue weighted by atomic mass is 9.87. The van der Waals surface area contributed by atoms with Crippen LogP contribution >= 0.6 is 7.92 Å². The first-order valence-corrected chi connectivity index (χ1v) is 13.6. The summed E-state index contributed by atoms with van der Waals surface area (Å²) >= 11 is 0. The van der Waals surface area contributed by atoms with E-state index in [-0.39, 0.29) is 5.92 Å². The van der Waals surface area contributed by atoms with Crippen molar-refractivity contribution in [2.24, 2.45) is 0 Å². The number of hydrogen-bond donors (Lipinski definition) is 0. The Bertz CT molecular complexity index is 1520. The zero-order valence-electron chi connectivity index (χ0n) is 19.4. The molecule has 0 N–H and O–H groups in total. The molecule has 0 saturated heterocycles. The van der Waals surface area contributed by atoms with Crippen LogP contribution in [0.4, 0.5) is 0 Å². The molecule has 2 aliphatic rings. The highest BCUT2D eigenvalue weighted by Gasteiger charge is 2.35. The Balaban J connectivity index is 1.45. The van der Waals surface area contributed by atoms with Crippen molar-refractivity contribution in [2.45, 2.75) is 12.3 Å². The minimum Gasteiger partial charge on any atom is -0.0622 e. The first kappa shape index (κ1) is 20.6. The number of fused-ring (bicyclic) bond motifs is 4. The highest BCUT2D eigenvalue weighted by atomic mass is 31.1. The van der Waals surface area contributed by atoms with Gasteiger partial charge in [-0.15, -0.1) is 0 Å². The van der Waals surface area contributed by atoms with Crippen molar-refractivity contribution in [3.63, 3.8) is 0 Å². The fourth-order valence-corrected chi connectivity index (χ4v) is 8.52. The molecule has 166 valence electrons. The molecule has 1 unspecified atom stereocenters. The quantitative estimate of drug-likeness (QED) is 0.233. The van der Waals surface area contributed by atoms with E-state index in [1.807, 2.05) is 0 Å². The van der Waals surface area contributed by atoms with Crippen LogP contribution in [0.15, 0.2) is 133 Å². The molecule has 35 heavy (non-hydrogen) atoms. The molecule has 0 saturated carbocycles. The van der Waals surface area contributed by atoms with Gasteiger partial charge in [-0.05, 0) is 75.3 Å². The van der Waals surface area contributed by atoms with Gasteiger partial charge < -0.3 is 0 Å². The summed E-state index contributed by atoms with van der Waals surface area (Å²) in [6.45, 7) is 0. The normalized spacial score (nSPS) is 15.5. The maximum atomic E-state index is 2.49. The highest BCUT2D eigenvalue weighted by molar-refractivity contribution is 7.77. The Morgan fingerprint density at radius 2 is 1.11 bits per heavy atom. The minimum absolute atomic E-state index is 0.266. The highest BCUT2D eigenvalue weighted by Crippen LogP contribution is 2.58. The van der Waals surface area contributed by atoms with Gasteiger partial charge in [-0.25, -0.2) is 0 Å². The Kier molecular flexibility index (Phi) is 5.00. The second-order valence-electron chi connectivity index (χ2n) is 9.34. The van der Waals surface area contributed by atoms with Crippen LogP contribution in [0, 0.1) is 0 Å². The Hall–Kier alpha value is -3.73. The van der Waals surface area contributed by atoms with Crippen molar-refractivity contribution < 1.29 is 0 Å². The lowest BCUT2D eigenvalue weighted by Crippen LogP contribution is -2.16. The van der Waals surface area contributed by atoms with E-state index in [1.165, 1.54) is 54.9 Å². The van der Waals surface area contributed by atoms with E-state index in [0.717, 1.165) is 6.42 Å². The van der Waals surface area contributed by atoms with Gasteiger partial charge in [0.25, 0.3) is 0 Å². The Labute approximate surface area is 208 Å². The van der Waals surface area contributed by atoms with Gasteiger partial charge in [-0.1, -0.05) is 127 Å². The summed E-state index contributed by atoms with van der Waals surface area (Å²) in [6.07, 6.45) is 3.51. The fraction of sp³-hybridized carbons (Fsp3) is 0.0588. The van der Waals surface area contributed by atoms with Gasteiger partial charge in [0.05, 0.1) is 0 Å². The number of rotatable bonds is 4. The fourth-order valence-electron chi connectivity index (χ4n) is 5.88. The molecule has 1 atom stereocenters. The van der Waals surface area contributed by atoms with Crippen molar-refractivity contribution in [1.29, 1.82) is 0 Å². The molecule has 1 heteroatoms. The molecule has 7 rings (SSSR count). The molecule has 0 aromatic heterocycles. The van der Waals surface area contributed by atoms with Gasteiger partial charge in [0, 0.05) is 5.92 Å². The maximum absolute atomic E-state index is 2.49. The van der Waals surface area contributed by atoms with Crippen LogP contribution in [-0.2, 0) is 6.42 Å². The van der Waals surface area contributed by atoms with Gasteiger partial charge in [0.2, 0.25) is 0 Å². The smallest absolute Gasteiger partial charge is 0.0359 e. The summed E-state index contributed by atoms with van der Waals surface area (Å²) in [5.74, 6) is 0.266. The van der Waals surface area contributed by atoms with Crippen molar-refractivity contribution in [3.8, 4) is 11.1 Å². The third-order valence-electron chi connectivity index (χ3n) is 7.39. The summed E-state index contributed by atoms with van der Waals surface area (Å²) in [6, 6.07) is 47.1. The predicted octanol–water partition coefficient (Wildman–Crippen LogP) is 7.88. The Morgan fingerprint density at radius 1 is 0.514 bits per heavy atom. The molecule has 0 radical (unpaired) electrons. The number of benzene rings is 5. The molecule has 0 fully saturated rings. The van der Waals surface area contributed by atoms with Crippen molar-refractivity contribution in [2.75, 3.05) is 0 Å². The Morgan fingerprint density at radius 3 is 1.89 bits per heavy atom. The van der Waals surface area contributed by atoms with E-state index >= 15 is 0 Å². The average Bonchev–Trinajstić information content (AvgIpc) is 3.49. The van der Waals surface area contributed by atoms with Gasteiger partial charge in [0.1, 0.15) is 0 Å². The molecule has 0 heterocycles. The molecule has 0 bridgehead atoms. The summed E-state index contributed by atoms with van der Waals surface area (Å²) in [4.78, 5) is 0. The number of hydrogen-bond acceptors (Lipinski definition) is 0. The molecule has 0 spiro atoms. The predicted molar refractivity (Wildman–Crippen MR) is 150 cm³/mol. The molecule has 5 aromatic rings. The largest absolute Gasteiger partial charge is 0.0622 e. The van der Waals surface area contributed by atoms with Gasteiger partial charge >= 0.3 is 0 Å². The second kappa shape index (κ2) is 8.49. The van der Waals surface area contributed by atoms with Crippen molar-refractivity contribution in [3.05, 3.63) is 161 Å². The molecule has 0 aliphatic heterocycles. The van der Waals surface area contributed by atoms with Gasteiger partial charge in [0.15, 0.2) is 0 Å². The summed E-state index contributed by atoms with van der Waals surface area (Å²) < 4.78 is 0. The maximum Gasteiger partial charge on any atom is 0.0359 e. The second-order valence-corrected chi connectivity index (χ2v) is 11.6. The average molecular weight is 465 g/mol. The zero-order valence-corrected chi connectivity index (χ0v) is 20.3. The summed E-state index contributed by atoms with van der Waals surface area (Å²) in [5.41, 5.74) is 10.0. The first-order chi connectivity index (χ1) is 17.4. The molecular formula is C34H25P. The van der Waals surface area contributed by atoms with Crippen LogP contribution in [0.3, 0.4) is 0 Å². The van der Waals surface area contributed by atoms with E-state index in [4.69, 9.17) is 0 Å². The standard InChI is InChI=1S/C34H25P/c1-3-14-26(15-4-1)35(27-16-5-2-6-17-27)33-23-25-13-8-10-19-29(25)34(33)31-21-11-20-30-28-18-9-7-12-24(28)22-32(30)31/h1-21,23,34H,22H2. The van der Waals surface area contributed by atoms with Crippen LogP contribution in [0.25, 0.3) is 17.2 Å². The van der Waals surface area contributed by atoms with Crippen LogP contribution in [0.1, 0.15) is 33.7 Å². The van der Waals surface area contributed by atoms with Crippen LogP contribution in [-0.4, -0.2) is 0 Å². The lowest BCUT2D eigenvalue weighted by Gasteiger charge is -2.28. The SMILES string of the molecule is C1=C(P(c2ccccc2)c2ccccc2)C(c2cccc3c2Cc2ccccc2-3)c2ccccc21. The first-order valence-electron chi connectivity index (χ1n) is 12.3. The minimum atomic E-state index is -0.665. The van der Waals surface area contributed by atoms with E-state index in [0.29, 0.717) is 0 Å². The third-order valence-corrected chi connectivity index (χ3v) is 9.92. The van der Waals surface area contributed by atoms with Crippen LogP contribution in [0.5, 0.6) is 0 Å². The zero-order chi connectivity index (χ0) is 23.2. The molecule has 0 nitrogen and oxygen atoms in total. The number of allylic oxidation sites excluding steroid dienone is 1. The van der Waals surface area contributed by atoms with E-state index in [1.54, 1.807) is 0 Å². The molecule has 2 aliphatic carbocycles. The topological polar surface area (TPSA) is 0 Å². The summed E-state index contributed by atoms with van der Waals surface area (Å²) in [7, 11) is -0.665. The van der Waals surface area contributed by atoms with E-state index in [9.17, 15) is 0 Å². The van der Waals surface area contributed by atoms with Crippen molar-refractivity contribution >= 4 is 24.6 Å². The van der Waals surface area contributed by atoms with E-state index in [2.05, 4.69) is 133 Å². The van der Waals surface area contributed by atoms with Gasteiger partial charge in [-0.3, -0.25) is 0 Å².